The topological polar surface area (TPSA) is 50.1 Å². The Morgan fingerprint density at radius 3 is 2.59 bits per heavy atom. The van der Waals surface area contributed by atoms with E-state index in [4.69, 9.17) is 11.6 Å². The third kappa shape index (κ3) is 3.93. The second kappa shape index (κ2) is 8.50. The molecule has 0 unspecified atom stereocenters. The van der Waals surface area contributed by atoms with Crippen molar-refractivity contribution in [3.63, 3.8) is 0 Å². The van der Waals surface area contributed by atoms with E-state index in [0.29, 0.717) is 6.04 Å². The highest BCUT2D eigenvalue weighted by molar-refractivity contribution is 6.31. The van der Waals surface area contributed by atoms with Crippen LogP contribution in [0.4, 0.5) is 0 Å². The molecule has 1 atom stereocenters. The summed E-state index contributed by atoms with van der Waals surface area (Å²) < 4.78 is 2.07. The smallest absolute Gasteiger partial charge is 0.173 e. The molecule has 1 saturated carbocycles. The summed E-state index contributed by atoms with van der Waals surface area (Å²) in [6.07, 6.45) is 6.78. The van der Waals surface area contributed by atoms with Crippen LogP contribution in [0.2, 0.25) is 5.02 Å². The minimum atomic E-state index is -0.0137. The number of aromatic nitrogens is 4. The lowest BCUT2D eigenvalue weighted by Gasteiger charge is -2.39. The summed E-state index contributed by atoms with van der Waals surface area (Å²) in [6, 6.07) is 8.48. The molecule has 1 saturated heterocycles. The zero-order chi connectivity index (χ0) is 18.6. The first-order valence-corrected chi connectivity index (χ1v) is 10.2. The highest BCUT2D eigenvalue weighted by Gasteiger charge is 2.33. The molecule has 2 aromatic rings. The molecule has 4 rings (SSSR count). The molecule has 27 heavy (non-hydrogen) atoms. The monoisotopic (exact) mass is 386 g/mol. The maximum absolute atomic E-state index is 6.62. The van der Waals surface area contributed by atoms with Gasteiger partial charge in [0.05, 0.1) is 12.1 Å². The molecule has 0 N–H and O–H groups in total. The lowest BCUT2D eigenvalue weighted by Crippen LogP contribution is -2.48. The maximum Gasteiger partial charge on any atom is 0.173 e. The largest absolute Gasteiger partial charge is 0.297 e. The molecule has 7 heteroatoms. The van der Waals surface area contributed by atoms with Crippen LogP contribution < -0.4 is 0 Å². The summed E-state index contributed by atoms with van der Waals surface area (Å²) in [7, 11) is 0. The third-order valence-electron chi connectivity index (χ3n) is 5.79. The quantitative estimate of drug-likeness (QED) is 0.712. The van der Waals surface area contributed by atoms with E-state index in [-0.39, 0.29) is 6.04 Å². The van der Waals surface area contributed by atoms with Crippen LogP contribution in [0.25, 0.3) is 0 Å². The number of benzene rings is 1. The zero-order valence-electron chi connectivity index (χ0n) is 15.7. The predicted molar refractivity (Wildman–Crippen MR) is 107 cm³/mol. The molecule has 0 amide bonds. The van der Waals surface area contributed by atoms with E-state index < -0.39 is 0 Å². The van der Waals surface area contributed by atoms with Gasteiger partial charge in [0, 0.05) is 37.7 Å². The first kappa shape index (κ1) is 18.6. The molecule has 0 radical (unpaired) electrons. The van der Waals surface area contributed by atoms with Gasteiger partial charge in [-0.1, -0.05) is 48.7 Å². The summed E-state index contributed by atoms with van der Waals surface area (Å²) in [4.78, 5) is 4.89. The number of hydrogen-bond donors (Lipinski definition) is 0. The number of nitrogens with zero attached hydrogens (tertiary/aromatic N) is 6. The van der Waals surface area contributed by atoms with E-state index in [9.17, 15) is 0 Å². The van der Waals surface area contributed by atoms with E-state index >= 15 is 0 Å². The van der Waals surface area contributed by atoms with Gasteiger partial charge in [0.1, 0.15) is 0 Å². The molecule has 0 bridgehead atoms. The Morgan fingerprint density at radius 1 is 1.15 bits per heavy atom. The van der Waals surface area contributed by atoms with Crippen molar-refractivity contribution >= 4 is 11.6 Å². The van der Waals surface area contributed by atoms with Gasteiger partial charge in [-0.25, -0.2) is 4.68 Å². The van der Waals surface area contributed by atoms with E-state index in [1.807, 2.05) is 24.3 Å². The van der Waals surface area contributed by atoms with Crippen molar-refractivity contribution in [2.45, 2.75) is 37.8 Å². The van der Waals surface area contributed by atoms with Crippen LogP contribution in [0.15, 0.2) is 36.9 Å². The Balaban J connectivity index is 1.67. The van der Waals surface area contributed by atoms with Crippen molar-refractivity contribution in [3.05, 3.63) is 53.3 Å². The van der Waals surface area contributed by atoms with Crippen LogP contribution in [-0.4, -0.2) is 62.7 Å². The van der Waals surface area contributed by atoms with Gasteiger partial charge in [-0.3, -0.25) is 9.80 Å². The van der Waals surface area contributed by atoms with Crippen molar-refractivity contribution in [1.29, 1.82) is 0 Å². The van der Waals surface area contributed by atoms with Gasteiger partial charge in [0.2, 0.25) is 0 Å². The molecule has 2 aliphatic rings. The molecule has 1 aliphatic heterocycles. The van der Waals surface area contributed by atoms with Crippen LogP contribution in [0.3, 0.4) is 0 Å². The summed E-state index contributed by atoms with van der Waals surface area (Å²) in [5.41, 5.74) is 1.09. The van der Waals surface area contributed by atoms with E-state index in [0.717, 1.165) is 62.0 Å². The minimum absolute atomic E-state index is 0.0137. The number of rotatable bonds is 6. The molecule has 1 aromatic carbocycles. The Morgan fingerprint density at radius 2 is 1.89 bits per heavy atom. The van der Waals surface area contributed by atoms with Gasteiger partial charge in [0.15, 0.2) is 5.82 Å². The van der Waals surface area contributed by atoms with Crippen LogP contribution in [-0.2, 0) is 0 Å². The van der Waals surface area contributed by atoms with Gasteiger partial charge in [0.25, 0.3) is 0 Å². The molecule has 2 heterocycles. The van der Waals surface area contributed by atoms with Crippen LogP contribution >= 0.6 is 11.6 Å². The summed E-state index contributed by atoms with van der Waals surface area (Å²) >= 11 is 6.62. The highest BCUT2D eigenvalue weighted by Crippen LogP contribution is 2.36. The van der Waals surface area contributed by atoms with Gasteiger partial charge >= 0.3 is 0 Å². The fourth-order valence-electron chi connectivity index (χ4n) is 4.37. The van der Waals surface area contributed by atoms with Crippen molar-refractivity contribution in [1.82, 2.24) is 30.0 Å². The Hall–Kier alpha value is -1.76. The molecule has 144 valence electrons. The third-order valence-corrected chi connectivity index (χ3v) is 6.14. The molecule has 1 aliphatic carbocycles. The fraction of sp³-hybridized carbons (Fsp3) is 0.550. The number of halogens is 1. The average Bonchev–Trinajstić information content (AvgIpc) is 3.37. The van der Waals surface area contributed by atoms with Crippen LogP contribution in [0.1, 0.15) is 49.2 Å². The highest BCUT2D eigenvalue weighted by atomic mass is 35.5. The average molecular weight is 387 g/mol. The van der Waals surface area contributed by atoms with Gasteiger partial charge in [-0.05, 0) is 34.9 Å². The predicted octanol–water partition coefficient (Wildman–Crippen LogP) is 3.33. The first-order chi connectivity index (χ1) is 13.3. The SMILES string of the molecule is C=CCN1CCN([C@H](c2ccccc2Cl)c2nnnn2C2CCCC2)CC1. The molecule has 1 aromatic heterocycles. The van der Waals surface area contributed by atoms with E-state index in [2.05, 4.69) is 42.7 Å². The van der Waals surface area contributed by atoms with Crippen LogP contribution in [0.5, 0.6) is 0 Å². The lowest BCUT2D eigenvalue weighted by molar-refractivity contribution is 0.111. The summed E-state index contributed by atoms with van der Waals surface area (Å²) in [5.74, 6) is 0.923. The first-order valence-electron chi connectivity index (χ1n) is 9.87. The molecular formula is C20H27ClN6. The zero-order valence-corrected chi connectivity index (χ0v) is 16.4. The number of hydrogen-bond acceptors (Lipinski definition) is 5. The number of tetrazole rings is 1. The Bertz CT molecular complexity index is 761. The molecule has 6 nitrogen and oxygen atoms in total. The number of piperazine rings is 1. The van der Waals surface area contributed by atoms with Crippen LogP contribution in [0, 0.1) is 0 Å². The lowest BCUT2D eigenvalue weighted by atomic mass is 10.0. The van der Waals surface area contributed by atoms with Crippen molar-refractivity contribution in [2.75, 3.05) is 32.7 Å². The van der Waals surface area contributed by atoms with Gasteiger partial charge in [-0.2, -0.15) is 0 Å². The normalized spacial score (nSPS) is 20.8. The van der Waals surface area contributed by atoms with Gasteiger partial charge in [-0.15, -0.1) is 11.7 Å². The van der Waals surface area contributed by atoms with Crippen molar-refractivity contribution in [3.8, 4) is 0 Å². The Kier molecular flexibility index (Phi) is 5.86. The molecule has 0 spiro atoms. The van der Waals surface area contributed by atoms with Crippen molar-refractivity contribution < 1.29 is 0 Å². The molecular weight excluding hydrogens is 360 g/mol. The Labute approximate surface area is 165 Å². The summed E-state index contributed by atoms with van der Waals surface area (Å²) in [6.45, 7) is 8.74. The second-order valence-electron chi connectivity index (χ2n) is 7.47. The summed E-state index contributed by atoms with van der Waals surface area (Å²) in [5, 5.41) is 13.7. The minimum Gasteiger partial charge on any atom is -0.297 e. The maximum atomic E-state index is 6.62. The standard InChI is InChI=1S/C20H27ClN6/c1-2-11-25-12-14-26(15-13-25)19(17-9-5-6-10-18(17)21)20-22-23-24-27(20)16-7-3-4-8-16/h2,5-6,9-10,16,19H,1,3-4,7-8,11-15H2/t19-/m1/s1. The molecule has 2 fully saturated rings. The van der Waals surface area contributed by atoms with E-state index in [1.54, 1.807) is 0 Å². The fourth-order valence-corrected chi connectivity index (χ4v) is 4.61. The van der Waals surface area contributed by atoms with Gasteiger partial charge < -0.3 is 0 Å². The second-order valence-corrected chi connectivity index (χ2v) is 7.88. The van der Waals surface area contributed by atoms with E-state index in [1.165, 1.54) is 12.8 Å². The van der Waals surface area contributed by atoms with Crippen molar-refractivity contribution in [2.24, 2.45) is 0 Å².